The maximum Gasteiger partial charge on any atom is 0.263 e. The van der Waals surface area contributed by atoms with Crippen molar-refractivity contribution in [3.63, 3.8) is 0 Å². The Morgan fingerprint density at radius 1 is 1.15 bits per heavy atom. The zero-order valence-corrected chi connectivity index (χ0v) is 15.0. The van der Waals surface area contributed by atoms with Crippen LogP contribution in [0.2, 0.25) is 5.02 Å². The molecule has 3 rings (SSSR count). The molecule has 0 spiro atoms. The molecule has 0 saturated carbocycles. The lowest BCUT2D eigenvalue weighted by atomic mass is 10.2. The van der Waals surface area contributed by atoms with Crippen molar-refractivity contribution in [2.45, 2.75) is 0 Å². The van der Waals surface area contributed by atoms with Crippen molar-refractivity contribution in [1.82, 2.24) is 10.7 Å². The molecule has 0 saturated heterocycles. The Bertz CT molecular complexity index is 1000. The van der Waals surface area contributed by atoms with E-state index in [9.17, 15) is 14.7 Å². The summed E-state index contributed by atoms with van der Waals surface area (Å²) in [6.07, 6.45) is 1.32. The van der Waals surface area contributed by atoms with E-state index in [0.29, 0.717) is 15.5 Å². The van der Waals surface area contributed by atoms with Gasteiger partial charge in [-0.1, -0.05) is 41.9 Å². The number of hydrogen-bond donors (Lipinski definition) is 3. The van der Waals surface area contributed by atoms with E-state index in [4.69, 9.17) is 11.6 Å². The Kier molecular flexibility index (Phi) is 5.50. The standard InChI is InChI=1S/C18H14ClN3O3S/c19-16-12-6-2-4-8-14(12)26-17(16)18(25)20-10-15(24)22-21-9-11-5-1-3-7-13(11)23/h1-9,23H,10H2,(H,20,25)(H,22,24). The number of carbonyl (C=O) groups excluding carboxylic acids is 2. The van der Waals surface area contributed by atoms with Crippen LogP contribution in [0.3, 0.4) is 0 Å². The van der Waals surface area contributed by atoms with Crippen molar-refractivity contribution in [2.24, 2.45) is 5.10 Å². The molecule has 3 aromatic rings. The molecule has 0 fully saturated rings. The van der Waals surface area contributed by atoms with Gasteiger partial charge < -0.3 is 10.4 Å². The lowest BCUT2D eigenvalue weighted by molar-refractivity contribution is -0.120. The van der Waals surface area contributed by atoms with E-state index in [1.807, 2.05) is 24.3 Å². The number of fused-ring (bicyclic) bond motifs is 1. The smallest absolute Gasteiger partial charge is 0.263 e. The fourth-order valence-electron chi connectivity index (χ4n) is 2.21. The number of hydrazone groups is 1. The lowest BCUT2D eigenvalue weighted by Crippen LogP contribution is -2.34. The third kappa shape index (κ3) is 4.01. The van der Waals surface area contributed by atoms with Crippen LogP contribution >= 0.6 is 22.9 Å². The number of amides is 2. The van der Waals surface area contributed by atoms with Gasteiger partial charge in [0.25, 0.3) is 11.8 Å². The van der Waals surface area contributed by atoms with Gasteiger partial charge in [-0.05, 0) is 18.2 Å². The molecule has 3 N–H and O–H groups in total. The van der Waals surface area contributed by atoms with Crippen molar-refractivity contribution < 1.29 is 14.7 Å². The Labute approximate surface area is 158 Å². The van der Waals surface area contributed by atoms with Crippen LogP contribution in [0.15, 0.2) is 53.6 Å². The minimum Gasteiger partial charge on any atom is -0.507 e. The minimum atomic E-state index is -0.498. The fraction of sp³-hybridized carbons (Fsp3) is 0.0556. The lowest BCUT2D eigenvalue weighted by Gasteiger charge is -2.03. The molecule has 0 aliphatic carbocycles. The second-order valence-electron chi connectivity index (χ2n) is 5.28. The highest BCUT2D eigenvalue weighted by Crippen LogP contribution is 2.34. The summed E-state index contributed by atoms with van der Waals surface area (Å²) in [6, 6.07) is 14.0. The van der Waals surface area contributed by atoms with E-state index >= 15 is 0 Å². The van der Waals surface area contributed by atoms with Gasteiger partial charge >= 0.3 is 0 Å². The summed E-state index contributed by atoms with van der Waals surface area (Å²) in [6.45, 7) is -0.248. The average Bonchev–Trinajstić information content (AvgIpc) is 2.98. The second kappa shape index (κ2) is 7.99. The van der Waals surface area contributed by atoms with Gasteiger partial charge in [-0.3, -0.25) is 9.59 Å². The van der Waals surface area contributed by atoms with Gasteiger partial charge in [0.2, 0.25) is 0 Å². The Hall–Kier alpha value is -2.90. The summed E-state index contributed by atoms with van der Waals surface area (Å²) >= 11 is 7.50. The molecule has 0 bridgehead atoms. The monoisotopic (exact) mass is 387 g/mol. The van der Waals surface area contributed by atoms with Crippen LogP contribution < -0.4 is 10.7 Å². The zero-order valence-electron chi connectivity index (χ0n) is 13.4. The number of para-hydroxylation sites is 1. The molecule has 2 aromatic carbocycles. The van der Waals surface area contributed by atoms with Crippen LogP contribution in [0.4, 0.5) is 0 Å². The van der Waals surface area contributed by atoms with E-state index in [-0.39, 0.29) is 12.3 Å². The Balaban J connectivity index is 1.56. The van der Waals surface area contributed by atoms with Gasteiger partial charge in [0.15, 0.2) is 0 Å². The zero-order chi connectivity index (χ0) is 18.5. The first-order valence-electron chi connectivity index (χ1n) is 7.61. The number of phenols is 1. The summed E-state index contributed by atoms with van der Waals surface area (Å²) in [5.74, 6) is -0.864. The van der Waals surface area contributed by atoms with Gasteiger partial charge in [-0.25, -0.2) is 5.43 Å². The largest absolute Gasteiger partial charge is 0.507 e. The second-order valence-corrected chi connectivity index (χ2v) is 6.71. The molecule has 8 heteroatoms. The highest BCUT2D eigenvalue weighted by molar-refractivity contribution is 7.21. The van der Waals surface area contributed by atoms with Gasteiger partial charge in [0.1, 0.15) is 10.6 Å². The molecule has 1 heterocycles. The van der Waals surface area contributed by atoms with Crippen molar-refractivity contribution >= 4 is 51.1 Å². The number of carbonyl (C=O) groups is 2. The quantitative estimate of drug-likeness (QED) is 0.464. The van der Waals surface area contributed by atoms with Crippen molar-refractivity contribution in [3.8, 4) is 5.75 Å². The van der Waals surface area contributed by atoms with E-state index in [0.717, 1.165) is 10.1 Å². The van der Waals surface area contributed by atoms with Gasteiger partial charge in [-0.2, -0.15) is 5.10 Å². The third-order valence-corrected chi connectivity index (χ3v) is 5.15. The van der Waals surface area contributed by atoms with Crippen LogP contribution in [-0.2, 0) is 4.79 Å². The molecule has 1 aromatic heterocycles. The van der Waals surface area contributed by atoms with Crippen molar-refractivity contribution in [3.05, 3.63) is 64.0 Å². The summed E-state index contributed by atoms with van der Waals surface area (Å²) in [5.41, 5.74) is 2.75. The highest BCUT2D eigenvalue weighted by atomic mass is 35.5. The SMILES string of the molecule is O=C(CNC(=O)c1sc2ccccc2c1Cl)NN=Cc1ccccc1O. The molecule has 132 valence electrons. The predicted octanol–water partition coefficient (Wildman–Crippen LogP) is 3.14. The normalized spacial score (nSPS) is 11.0. The third-order valence-electron chi connectivity index (χ3n) is 3.48. The number of aromatic hydroxyl groups is 1. The number of hydrogen-bond acceptors (Lipinski definition) is 5. The van der Waals surface area contributed by atoms with Gasteiger partial charge in [-0.15, -0.1) is 11.3 Å². The number of halogens is 1. The molecule has 0 atom stereocenters. The molecule has 6 nitrogen and oxygen atoms in total. The summed E-state index contributed by atoms with van der Waals surface area (Å²) in [7, 11) is 0. The Morgan fingerprint density at radius 3 is 2.65 bits per heavy atom. The maximum absolute atomic E-state index is 12.2. The molecular weight excluding hydrogens is 374 g/mol. The molecular formula is C18H14ClN3O3S. The van der Waals surface area contributed by atoms with Crippen molar-refractivity contribution in [1.29, 1.82) is 0 Å². The van der Waals surface area contributed by atoms with Crippen LogP contribution in [0.1, 0.15) is 15.2 Å². The Morgan fingerprint density at radius 2 is 1.88 bits per heavy atom. The first kappa shape index (κ1) is 17.9. The number of rotatable bonds is 5. The first-order valence-corrected chi connectivity index (χ1v) is 8.81. The van der Waals surface area contributed by atoms with E-state index in [1.165, 1.54) is 23.6 Å². The topological polar surface area (TPSA) is 90.8 Å². The molecule has 0 aliphatic heterocycles. The first-order chi connectivity index (χ1) is 12.6. The number of nitrogens with zero attached hydrogens (tertiary/aromatic N) is 1. The highest BCUT2D eigenvalue weighted by Gasteiger charge is 2.17. The van der Waals surface area contributed by atoms with Crippen LogP contribution in [-0.4, -0.2) is 29.7 Å². The van der Waals surface area contributed by atoms with Crippen LogP contribution in [0, 0.1) is 0 Å². The van der Waals surface area contributed by atoms with Gasteiger partial charge in [0.05, 0.1) is 17.8 Å². The molecule has 2 amide bonds. The van der Waals surface area contributed by atoms with E-state index in [1.54, 1.807) is 18.2 Å². The number of benzene rings is 2. The minimum absolute atomic E-state index is 0.0539. The number of thiophene rings is 1. The van der Waals surface area contributed by atoms with E-state index < -0.39 is 11.8 Å². The molecule has 0 radical (unpaired) electrons. The van der Waals surface area contributed by atoms with Gasteiger partial charge in [0, 0.05) is 15.6 Å². The molecule has 26 heavy (non-hydrogen) atoms. The number of nitrogens with one attached hydrogen (secondary N) is 2. The molecule has 0 unspecified atom stereocenters. The summed E-state index contributed by atoms with van der Waals surface area (Å²) in [4.78, 5) is 24.4. The number of phenolic OH excluding ortho intramolecular Hbond substituents is 1. The predicted molar refractivity (Wildman–Crippen MR) is 103 cm³/mol. The molecule has 0 aliphatic rings. The van der Waals surface area contributed by atoms with Crippen LogP contribution in [0.5, 0.6) is 5.75 Å². The maximum atomic E-state index is 12.2. The fourth-order valence-corrected chi connectivity index (χ4v) is 3.64. The summed E-state index contributed by atoms with van der Waals surface area (Å²) in [5, 5.41) is 17.0. The summed E-state index contributed by atoms with van der Waals surface area (Å²) < 4.78 is 0.902. The van der Waals surface area contributed by atoms with E-state index in [2.05, 4.69) is 15.8 Å². The van der Waals surface area contributed by atoms with Crippen LogP contribution in [0.25, 0.3) is 10.1 Å². The average molecular weight is 388 g/mol. The van der Waals surface area contributed by atoms with Crippen molar-refractivity contribution in [2.75, 3.05) is 6.54 Å².